The molecule has 3 nitrogen and oxygen atoms in total. The average Bonchev–Trinajstić information content (AvgIpc) is 2.41. The van der Waals surface area contributed by atoms with Gasteiger partial charge in [0.1, 0.15) is 5.82 Å². The molecule has 4 heteroatoms. The monoisotopic (exact) mass is 256 g/mol. The Kier molecular flexibility index (Phi) is 2.61. The van der Waals surface area contributed by atoms with Gasteiger partial charge in [-0.1, -0.05) is 29.8 Å². The highest BCUT2D eigenvalue weighted by molar-refractivity contribution is 6.30. The van der Waals surface area contributed by atoms with Crippen molar-refractivity contribution < 1.29 is 0 Å². The zero-order chi connectivity index (χ0) is 12.5. The van der Waals surface area contributed by atoms with Gasteiger partial charge in [-0.2, -0.15) is 0 Å². The summed E-state index contributed by atoms with van der Waals surface area (Å²) in [5.74, 6) is 0.565. The topological polar surface area (TPSA) is 34.9 Å². The van der Waals surface area contributed by atoms with Gasteiger partial charge in [0.2, 0.25) is 0 Å². The molecule has 0 amide bonds. The molecule has 3 aromatic rings. The first kappa shape index (κ1) is 11.0. The lowest BCUT2D eigenvalue weighted by Crippen LogP contribution is -2.18. The second-order valence-corrected chi connectivity index (χ2v) is 4.35. The zero-order valence-electron chi connectivity index (χ0n) is 9.38. The van der Waals surface area contributed by atoms with Crippen LogP contribution in [0.1, 0.15) is 0 Å². The third kappa shape index (κ3) is 1.79. The molecule has 0 unspecified atom stereocenters. The van der Waals surface area contributed by atoms with Crippen LogP contribution in [-0.4, -0.2) is 9.55 Å². The standard InChI is InChI=1S/C14H9ClN2O/c15-11-5-6-13(16-9-11)17-8-7-10-3-1-2-4-12(10)14(17)18/h1-9H. The van der Waals surface area contributed by atoms with E-state index in [0.29, 0.717) is 16.2 Å². The van der Waals surface area contributed by atoms with Crippen LogP contribution in [0.25, 0.3) is 16.6 Å². The summed E-state index contributed by atoms with van der Waals surface area (Å²) in [6.07, 6.45) is 3.25. The summed E-state index contributed by atoms with van der Waals surface area (Å²) < 4.78 is 1.51. The highest BCUT2D eigenvalue weighted by atomic mass is 35.5. The minimum Gasteiger partial charge on any atom is -0.268 e. The third-order valence-corrected chi connectivity index (χ3v) is 3.00. The summed E-state index contributed by atoms with van der Waals surface area (Å²) in [4.78, 5) is 16.5. The number of aromatic nitrogens is 2. The summed E-state index contributed by atoms with van der Waals surface area (Å²) in [6.45, 7) is 0. The molecule has 0 bridgehead atoms. The summed E-state index contributed by atoms with van der Waals surface area (Å²) in [5, 5.41) is 2.15. The van der Waals surface area contributed by atoms with Crippen molar-refractivity contribution in [2.45, 2.75) is 0 Å². The predicted octanol–water partition coefficient (Wildman–Crippen LogP) is 3.04. The molecule has 0 aliphatic carbocycles. The molecule has 3 rings (SSSR count). The quantitative estimate of drug-likeness (QED) is 0.671. The van der Waals surface area contributed by atoms with E-state index in [1.807, 2.05) is 30.3 Å². The van der Waals surface area contributed by atoms with Crippen molar-refractivity contribution in [3.63, 3.8) is 0 Å². The summed E-state index contributed by atoms with van der Waals surface area (Å²) >= 11 is 5.78. The van der Waals surface area contributed by atoms with E-state index in [0.717, 1.165) is 5.39 Å². The lowest BCUT2D eigenvalue weighted by molar-refractivity contribution is 0.955. The SMILES string of the molecule is O=c1c2ccccc2ccn1-c1ccc(Cl)cn1. The molecule has 88 valence electrons. The Morgan fingerprint density at radius 3 is 2.67 bits per heavy atom. The molecule has 0 spiro atoms. The minimum atomic E-state index is -0.0806. The van der Waals surface area contributed by atoms with E-state index in [4.69, 9.17) is 11.6 Å². The van der Waals surface area contributed by atoms with Gasteiger partial charge in [-0.25, -0.2) is 4.98 Å². The normalized spacial score (nSPS) is 10.7. The maximum atomic E-state index is 12.3. The Morgan fingerprint density at radius 2 is 1.89 bits per heavy atom. The van der Waals surface area contributed by atoms with Crippen molar-refractivity contribution in [2.75, 3.05) is 0 Å². The van der Waals surface area contributed by atoms with Crippen LogP contribution in [0.4, 0.5) is 0 Å². The summed E-state index contributed by atoms with van der Waals surface area (Å²) in [6, 6.07) is 12.8. The van der Waals surface area contributed by atoms with Crippen LogP contribution in [0.15, 0.2) is 59.7 Å². The zero-order valence-corrected chi connectivity index (χ0v) is 10.1. The van der Waals surface area contributed by atoms with Crippen LogP contribution >= 0.6 is 11.6 Å². The van der Waals surface area contributed by atoms with Gasteiger partial charge in [-0.3, -0.25) is 9.36 Å². The molecule has 0 aliphatic heterocycles. The van der Waals surface area contributed by atoms with Gasteiger partial charge < -0.3 is 0 Å². The number of rotatable bonds is 1. The summed E-state index contributed by atoms with van der Waals surface area (Å²) in [5.41, 5.74) is -0.0806. The number of hydrogen-bond acceptors (Lipinski definition) is 2. The van der Waals surface area contributed by atoms with E-state index >= 15 is 0 Å². The molecule has 1 aromatic carbocycles. The first-order valence-corrected chi connectivity index (χ1v) is 5.86. The van der Waals surface area contributed by atoms with Gasteiger partial charge in [0.05, 0.1) is 5.02 Å². The molecule has 0 saturated carbocycles. The van der Waals surface area contributed by atoms with E-state index in [1.54, 1.807) is 18.3 Å². The van der Waals surface area contributed by atoms with Crippen molar-refractivity contribution in [2.24, 2.45) is 0 Å². The van der Waals surface area contributed by atoms with Gasteiger partial charge in [-0.05, 0) is 29.7 Å². The molecule has 18 heavy (non-hydrogen) atoms. The fourth-order valence-corrected chi connectivity index (χ4v) is 1.99. The van der Waals surface area contributed by atoms with Crippen LogP contribution in [0, 0.1) is 0 Å². The lowest BCUT2D eigenvalue weighted by atomic mass is 10.2. The number of halogens is 1. The van der Waals surface area contributed by atoms with Crippen LogP contribution in [0.2, 0.25) is 5.02 Å². The molecular weight excluding hydrogens is 248 g/mol. The Labute approximate surface area is 108 Å². The number of nitrogens with zero attached hydrogens (tertiary/aromatic N) is 2. The molecule has 2 heterocycles. The highest BCUT2D eigenvalue weighted by Gasteiger charge is 2.04. The van der Waals surface area contributed by atoms with Gasteiger partial charge in [0.15, 0.2) is 0 Å². The molecule has 0 fully saturated rings. The highest BCUT2D eigenvalue weighted by Crippen LogP contribution is 2.12. The van der Waals surface area contributed by atoms with Crippen LogP contribution < -0.4 is 5.56 Å². The van der Waals surface area contributed by atoms with Gasteiger partial charge in [0, 0.05) is 17.8 Å². The number of pyridine rings is 2. The fraction of sp³-hybridized carbons (Fsp3) is 0. The number of benzene rings is 1. The maximum Gasteiger partial charge on any atom is 0.264 e. The smallest absolute Gasteiger partial charge is 0.264 e. The van der Waals surface area contributed by atoms with E-state index in [2.05, 4.69) is 4.98 Å². The van der Waals surface area contributed by atoms with Gasteiger partial charge in [-0.15, -0.1) is 0 Å². The first-order chi connectivity index (χ1) is 8.75. The second-order valence-electron chi connectivity index (χ2n) is 3.91. The molecule has 0 aliphatic rings. The Balaban J connectivity index is 2.27. The molecule has 0 N–H and O–H groups in total. The third-order valence-electron chi connectivity index (χ3n) is 2.77. The van der Waals surface area contributed by atoms with E-state index in [-0.39, 0.29) is 5.56 Å². The van der Waals surface area contributed by atoms with E-state index in [9.17, 15) is 4.79 Å². The Morgan fingerprint density at radius 1 is 1.06 bits per heavy atom. The first-order valence-electron chi connectivity index (χ1n) is 5.48. The summed E-state index contributed by atoms with van der Waals surface area (Å²) in [7, 11) is 0. The predicted molar refractivity (Wildman–Crippen MR) is 72.4 cm³/mol. The number of fused-ring (bicyclic) bond motifs is 1. The van der Waals surface area contributed by atoms with E-state index < -0.39 is 0 Å². The van der Waals surface area contributed by atoms with Crippen LogP contribution in [0.5, 0.6) is 0 Å². The number of hydrogen-bond donors (Lipinski definition) is 0. The largest absolute Gasteiger partial charge is 0.268 e. The molecule has 0 atom stereocenters. The fourth-order valence-electron chi connectivity index (χ4n) is 1.88. The van der Waals surface area contributed by atoms with Crippen LogP contribution in [0.3, 0.4) is 0 Å². The van der Waals surface area contributed by atoms with Gasteiger partial charge >= 0.3 is 0 Å². The van der Waals surface area contributed by atoms with Crippen molar-refractivity contribution in [1.29, 1.82) is 0 Å². The van der Waals surface area contributed by atoms with Crippen molar-refractivity contribution in [3.8, 4) is 5.82 Å². The molecule has 0 saturated heterocycles. The second kappa shape index (κ2) is 4.27. The van der Waals surface area contributed by atoms with Crippen molar-refractivity contribution >= 4 is 22.4 Å². The van der Waals surface area contributed by atoms with Crippen molar-refractivity contribution in [3.05, 3.63) is 70.2 Å². The van der Waals surface area contributed by atoms with E-state index in [1.165, 1.54) is 10.8 Å². The molecule has 0 radical (unpaired) electrons. The van der Waals surface area contributed by atoms with Crippen molar-refractivity contribution in [1.82, 2.24) is 9.55 Å². The Hall–Kier alpha value is -2.13. The molecule has 2 aromatic heterocycles. The molecular formula is C14H9ClN2O. The van der Waals surface area contributed by atoms with Crippen LogP contribution in [-0.2, 0) is 0 Å². The minimum absolute atomic E-state index is 0.0806. The average molecular weight is 257 g/mol. The maximum absolute atomic E-state index is 12.3. The van der Waals surface area contributed by atoms with Gasteiger partial charge in [0.25, 0.3) is 5.56 Å². The lowest BCUT2D eigenvalue weighted by Gasteiger charge is -2.06. The Bertz CT molecular complexity index is 763.